The zero-order valence-electron chi connectivity index (χ0n) is 40.5. The van der Waals surface area contributed by atoms with E-state index >= 15 is 0 Å². The molecule has 0 bridgehead atoms. The van der Waals surface area contributed by atoms with Crippen LogP contribution in [0.1, 0.15) is 103 Å². The Morgan fingerprint density at radius 3 is 1.25 bits per heavy atom. The number of anilines is 6. The molecule has 1 aliphatic rings. The molecule has 0 atom stereocenters. The van der Waals surface area contributed by atoms with Crippen LogP contribution in [0.5, 0.6) is 0 Å². The van der Waals surface area contributed by atoms with Gasteiger partial charge >= 0.3 is 0 Å². The van der Waals surface area contributed by atoms with Crippen molar-refractivity contribution in [1.29, 1.82) is 0 Å². The normalized spacial score (nSPS) is 13.5. The molecule has 0 spiro atoms. The monoisotopic (exact) mass is 882 g/mol. The molecule has 1 aliphatic carbocycles. The molecule has 2 nitrogen and oxygen atoms in total. The maximum absolute atomic E-state index is 14.8. The first-order valence-electron chi connectivity index (χ1n) is 23.9. The van der Waals surface area contributed by atoms with E-state index in [1.54, 1.807) is 24.3 Å². The Balaban J connectivity index is 1.32. The van der Waals surface area contributed by atoms with E-state index in [1.807, 2.05) is 24.3 Å². The van der Waals surface area contributed by atoms with Crippen LogP contribution in [-0.4, -0.2) is 0 Å². The number of nitrogens with zero attached hydrogens (tertiary/aromatic N) is 2. The molecule has 0 radical (unpaired) electrons. The fraction of sp³-hybridized carbons (Fsp3) is 0.238. The van der Waals surface area contributed by atoms with E-state index in [2.05, 4.69) is 200 Å². The third-order valence-electron chi connectivity index (χ3n) is 14.6. The summed E-state index contributed by atoms with van der Waals surface area (Å²) in [4.78, 5) is 4.57. The SMILES string of the molecule is CC(C)c1ccc(N(c2ccc(F)cc2)c2ccc3c4c(c5ccccc5c3c2)-c2c(cc(N(c3ccc(F)cc3)c3ccc(C(C)C)cc3)c3ccccc23)C4(C(C)(C)C)C(C)(C)C)cc1. The van der Waals surface area contributed by atoms with E-state index in [4.69, 9.17) is 0 Å². The highest BCUT2D eigenvalue weighted by molar-refractivity contribution is 6.23. The van der Waals surface area contributed by atoms with Crippen molar-refractivity contribution in [3.63, 3.8) is 0 Å². The predicted molar refractivity (Wildman–Crippen MR) is 282 cm³/mol. The quantitative estimate of drug-likeness (QED) is 0.140. The number of rotatable bonds is 8. The summed E-state index contributed by atoms with van der Waals surface area (Å²) in [6.07, 6.45) is 0. The van der Waals surface area contributed by atoms with Crippen LogP contribution in [0.3, 0.4) is 0 Å². The van der Waals surface area contributed by atoms with Gasteiger partial charge < -0.3 is 9.80 Å². The predicted octanol–water partition coefficient (Wildman–Crippen LogP) is 19.0. The van der Waals surface area contributed by atoms with Gasteiger partial charge in [-0.1, -0.05) is 148 Å². The van der Waals surface area contributed by atoms with Gasteiger partial charge in [0, 0.05) is 39.2 Å². The summed E-state index contributed by atoms with van der Waals surface area (Å²) in [5.74, 6) is 0.252. The molecule has 9 aromatic rings. The second kappa shape index (κ2) is 16.2. The summed E-state index contributed by atoms with van der Waals surface area (Å²) in [5, 5.41) is 7.10. The minimum Gasteiger partial charge on any atom is -0.310 e. The summed E-state index contributed by atoms with van der Waals surface area (Å²) in [6.45, 7) is 23.4. The Kier molecular flexibility index (Phi) is 10.7. The Morgan fingerprint density at radius 1 is 0.388 bits per heavy atom. The van der Waals surface area contributed by atoms with Crippen LogP contribution in [0.25, 0.3) is 43.4 Å². The van der Waals surface area contributed by atoms with Gasteiger partial charge in [0.05, 0.1) is 5.69 Å². The molecule has 336 valence electrons. The largest absolute Gasteiger partial charge is 0.310 e. The molecule has 4 heteroatoms. The zero-order chi connectivity index (χ0) is 47.2. The lowest BCUT2D eigenvalue weighted by Gasteiger charge is -2.53. The molecular formula is C63H60F2N2. The minimum absolute atomic E-state index is 0.264. The Hall–Kier alpha value is -6.78. The van der Waals surface area contributed by atoms with Crippen molar-refractivity contribution in [2.24, 2.45) is 10.8 Å². The van der Waals surface area contributed by atoms with Crippen molar-refractivity contribution in [2.75, 3.05) is 9.80 Å². The molecule has 67 heavy (non-hydrogen) atoms. The van der Waals surface area contributed by atoms with Crippen molar-refractivity contribution >= 4 is 66.4 Å². The Morgan fingerprint density at radius 2 is 0.791 bits per heavy atom. The Bertz CT molecular complexity index is 3300. The maximum Gasteiger partial charge on any atom is 0.123 e. The van der Waals surface area contributed by atoms with Gasteiger partial charge in [-0.3, -0.25) is 0 Å². The van der Waals surface area contributed by atoms with Crippen LogP contribution in [0.2, 0.25) is 0 Å². The zero-order valence-corrected chi connectivity index (χ0v) is 40.5. The summed E-state index contributed by atoms with van der Waals surface area (Å²) >= 11 is 0. The molecule has 0 aliphatic heterocycles. The van der Waals surface area contributed by atoms with E-state index in [0.717, 1.165) is 39.5 Å². The van der Waals surface area contributed by atoms with E-state index in [9.17, 15) is 8.78 Å². The smallest absolute Gasteiger partial charge is 0.123 e. The number of benzene rings is 9. The van der Waals surface area contributed by atoms with Crippen LogP contribution in [0.15, 0.2) is 170 Å². The highest BCUT2D eigenvalue weighted by Gasteiger charge is 2.59. The van der Waals surface area contributed by atoms with Crippen LogP contribution in [0.4, 0.5) is 42.9 Å². The van der Waals surface area contributed by atoms with Gasteiger partial charge in [-0.2, -0.15) is 0 Å². The lowest BCUT2D eigenvalue weighted by Crippen LogP contribution is -2.50. The topological polar surface area (TPSA) is 6.48 Å². The van der Waals surface area contributed by atoms with Crippen LogP contribution in [-0.2, 0) is 5.41 Å². The molecule has 9 aromatic carbocycles. The van der Waals surface area contributed by atoms with Gasteiger partial charge in [-0.25, -0.2) is 8.78 Å². The first kappa shape index (κ1) is 44.1. The molecule has 0 fully saturated rings. The standard InChI is InChI=1S/C63H60F2N2/c1-39(2)41-19-27-45(28-20-41)66(46-31-23-43(64)24-32-46)49-35-36-54-55(37-49)50-15-11-13-17-52(50)59-58-53-18-14-12-16-51(53)57(38-56(58)63(60(54)59,61(5,6)7)62(8,9)10)67(48-33-25-44(65)26-34-48)47-29-21-42(22-30-47)40(3)4/h11-40H,1-10H3. The van der Waals surface area contributed by atoms with Gasteiger partial charge in [-0.15, -0.1) is 0 Å². The van der Waals surface area contributed by atoms with Gasteiger partial charge in [-0.05, 0) is 174 Å². The molecule has 0 unspecified atom stereocenters. The van der Waals surface area contributed by atoms with Crippen molar-refractivity contribution in [3.8, 4) is 11.1 Å². The fourth-order valence-electron chi connectivity index (χ4n) is 12.0. The molecule has 0 heterocycles. The third-order valence-corrected chi connectivity index (χ3v) is 14.6. The van der Waals surface area contributed by atoms with Crippen LogP contribution in [0, 0.1) is 22.5 Å². The average Bonchev–Trinajstić information content (AvgIpc) is 3.64. The number of hydrogen-bond acceptors (Lipinski definition) is 2. The van der Waals surface area contributed by atoms with E-state index in [1.165, 1.54) is 60.3 Å². The number of halogens is 2. The Labute approximate surface area is 395 Å². The molecule has 0 saturated carbocycles. The van der Waals surface area contributed by atoms with E-state index < -0.39 is 5.41 Å². The summed E-state index contributed by atoms with van der Waals surface area (Å²) < 4.78 is 29.3. The lowest BCUT2D eigenvalue weighted by atomic mass is 9.49. The molecule has 0 aromatic heterocycles. The lowest BCUT2D eigenvalue weighted by molar-refractivity contribution is 0.0965. The van der Waals surface area contributed by atoms with Crippen molar-refractivity contribution in [3.05, 3.63) is 204 Å². The molecule has 10 rings (SSSR count). The molecule has 0 amide bonds. The molecular weight excluding hydrogens is 823 g/mol. The maximum atomic E-state index is 14.8. The minimum atomic E-state index is -0.521. The number of hydrogen-bond donors (Lipinski definition) is 0. The van der Waals surface area contributed by atoms with E-state index in [0.29, 0.717) is 11.8 Å². The van der Waals surface area contributed by atoms with Crippen molar-refractivity contribution in [2.45, 2.75) is 86.5 Å². The van der Waals surface area contributed by atoms with Gasteiger partial charge in [0.25, 0.3) is 0 Å². The van der Waals surface area contributed by atoms with Gasteiger partial charge in [0.2, 0.25) is 0 Å². The molecule has 0 N–H and O–H groups in total. The van der Waals surface area contributed by atoms with E-state index in [-0.39, 0.29) is 22.5 Å². The van der Waals surface area contributed by atoms with Crippen LogP contribution < -0.4 is 9.80 Å². The third kappa shape index (κ3) is 7.02. The van der Waals surface area contributed by atoms with Crippen molar-refractivity contribution in [1.82, 2.24) is 0 Å². The first-order valence-corrected chi connectivity index (χ1v) is 23.9. The molecule has 0 saturated heterocycles. The second-order valence-electron chi connectivity index (χ2n) is 21.3. The van der Waals surface area contributed by atoms with Crippen LogP contribution >= 0.6 is 0 Å². The van der Waals surface area contributed by atoms with Gasteiger partial charge in [0.1, 0.15) is 11.6 Å². The number of fused-ring (bicyclic) bond motifs is 10. The van der Waals surface area contributed by atoms with Crippen molar-refractivity contribution < 1.29 is 8.78 Å². The summed E-state index contributed by atoms with van der Waals surface area (Å²) in [6, 6.07) is 58.7. The summed E-state index contributed by atoms with van der Waals surface area (Å²) in [7, 11) is 0. The highest BCUT2D eigenvalue weighted by Crippen LogP contribution is 2.69. The van der Waals surface area contributed by atoms with Gasteiger partial charge in [0.15, 0.2) is 0 Å². The average molecular weight is 883 g/mol. The summed E-state index contributed by atoms with van der Waals surface area (Å²) in [5.41, 5.74) is 12.5. The first-order chi connectivity index (χ1) is 32.0. The highest BCUT2D eigenvalue weighted by atomic mass is 19.1. The second-order valence-corrected chi connectivity index (χ2v) is 21.3. The fourth-order valence-corrected chi connectivity index (χ4v) is 12.0.